The van der Waals surface area contributed by atoms with Gasteiger partial charge in [0.25, 0.3) is 0 Å². The number of tetrazole rings is 1. The molecule has 29 heavy (non-hydrogen) atoms. The van der Waals surface area contributed by atoms with E-state index in [0.29, 0.717) is 32.2 Å². The number of rotatable bonds is 15. The molecule has 1 rings (SSSR count). The number of sulfonamides is 1. The standard InChI is InChI=1S/C17H30N6O5S/c1-13(14(2)24)8-5-6-10-18-16(25)9-4-3-7-11-29(27,28)21-17(26)12-15-19-22-23-20-15/h13H,3-12H2,1-2H3,(H,18,25)(H,21,26)(H,19,20,22,23)/t13-/m0/s1. The zero-order chi connectivity index (χ0) is 21.7. The van der Waals surface area contributed by atoms with Crippen molar-refractivity contribution in [1.29, 1.82) is 0 Å². The summed E-state index contributed by atoms with van der Waals surface area (Å²) >= 11 is 0. The molecule has 0 aliphatic rings. The van der Waals surface area contributed by atoms with E-state index in [1.54, 1.807) is 6.92 Å². The van der Waals surface area contributed by atoms with E-state index in [0.717, 1.165) is 19.3 Å². The van der Waals surface area contributed by atoms with Crippen LogP contribution in [0.1, 0.15) is 64.6 Å². The molecule has 0 fully saturated rings. The minimum atomic E-state index is -3.73. The number of nitrogens with one attached hydrogen (secondary N) is 3. The van der Waals surface area contributed by atoms with Gasteiger partial charge in [-0.15, -0.1) is 10.2 Å². The van der Waals surface area contributed by atoms with Gasteiger partial charge in [-0.05, 0) is 32.6 Å². The summed E-state index contributed by atoms with van der Waals surface area (Å²) in [4.78, 5) is 34.5. The number of hydrogen-bond acceptors (Lipinski definition) is 8. The Morgan fingerprint density at radius 1 is 1.07 bits per heavy atom. The fourth-order valence-corrected chi connectivity index (χ4v) is 3.62. The third kappa shape index (κ3) is 11.9. The summed E-state index contributed by atoms with van der Waals surface area (Å²) in [5, 5.41) is 15.4. The number of amides is 2. The van der Waals surface area contributed by atoms with E-state index in [-0.39, 0.29) is 35.6 Å². The summed E-state index contributed by atoms with van der Waals surface area (Å²) in [5.41, 5.74) is 0. The van der Waals surface area contributed by atoms with Crippen molar-refractivity contribution in [1.82, 2.24) is 30.7 Å². The molecule has 0 aliphatic carbocycles. The van der Waals surface area contributed by atoms with E-state index in [9.17, 15) is 22.8 Å². The van der Waals surface area contributed by atoms with Gasteiger partial charge in [0.05, 0.1) is 12.2 Å². The van der Waals surface area contributed by atoms with Gasteiger partial charge in [0, 0.05) is 18.9 Å². The van der Waals surface area contributed by atoms with Gasteiger partial charge in [-0.1, -0.05) is 25.0 Å². The lowest BCUT2D eigenvalue weighted by Gasteiger charge is -2.08. The van der Waals surface area contributed by atoms with Gasteiger partial charge in [-0.2, -0.15) is 5.21 Å². The highest BCUT2D eigenvalue weighted by Crippen LogP contribution is 2.08. The number of aromatic nitrogens is 4. The number of aromatic amines is 1. The minimum Gasteiger partial charge on any atom is -0.356 e. The van der Waals surface area contributed by atoms with Gasteiger partial charge in [0.15, 0.2) is 5.82 Å². The van der Waals surface area contributed by atoms with Crippen LogP contribution in [0.4, 0.5) is 0 Å². The second-order valence-corrected chi connectivity index (χ2v) is 8.86. The average Bonchev–Trinajstić information content (AvgIpc) is 3.12. The Bertz CT molecular complexity index is 750. The topological polar surface area (TPSA) is 164 Å². The lowest BCUT2D eigenvalue weighted by atomic mass is 10.0. The molecule has 0 radical (unpaired) electrons. The first-order chi connectivity index (χ1) is 13.7. The molecule has 1 heterocycles. The summed E-state index contributed by atoms with van der Waals surface area (Å²) in [6.07, 6.45) is 4.06. The predicted molar refractivity (Wildman–Crippen MR) is 105 cm³/mol. The average molecular weight is 431 g/mol. The van der Waals surface area contributed by atoms with Crippen molar-refractivity contribution in [2.24, 2.45) is 5.92 Å². The summed E-state index contributed by atoms with van der Waals surface area (Å²) < 4.78 is 25.7. The Morgan fingerprint density at radius 3 is 2.48 bits per heavy atom. The molecular weight excluding hydrogens is 400 g/mol. The highest BCUT2D eigenvalue weighted by Gasteiger charge is 2.16. The molecule has 0 saturated heterocycles. The van der Waals surface area contributed by atoms with E-state index in [1.807, 2.05) is 11.6 Å². The fourth-order valence-electron chi connectivity index (χ4n) is 2.51. The first kappa shape index (κ1) is 24.7. The molecular formula is C17H30N6O5S. The van der Waals surface area contributed by atoms with Gasteiger partial charge in [0.2, 0.25) is 21.8 Å². The highest BCUT2D eigenvalue weighted by atomic mass is 32.2. The van der Waals surface area contributed by atoms with E-state index >= 15 is 0 Å². The first-order valence-electron chi connectivity index (χ1n) is 9.72. The van der Waals surface area contributed by atoms with Gasteiger partial charge in [-0.3, -0.25) is 19.1 Å². The lowest BCUT2D eigenvalue weighted by molar-refractivity contribution is -0.122. The maximum atomic E-state index is 11.9. The molecule has 1 aromatic heterocycles. The van der Waals surface area contributed by atoms with Crippen LogP contribution < -0.4 is 10.0 Å². The largest absolute Gasteiger partial charge is 0.356 e. The van der Waals surface area contributed by atoms with E-state index in [1.165, 1.54) is 0 Å². The van der Waals surface area contributed by atoms with Crippen molar-refractivity contribution in [3.8, 4) is 0 Å². The molecule has 0 aliphatic heterocycles. The minimum absolute atomic E-state index is 0.0609. The second kappa shape index (κ2) is 13.0. The van der Waals surface area contributed by atoms with Gasteiger partial charge in [-0.25, -0.2) is 8.42 Å². The van der Waals surface area contributed by atoms with Crippen LogP contribution in [-0.4, -0.2) is 58.9 Å². The molecule has 164 valence electrons. The van der Waals surface area contributed by atoms with Crippen molar-refractivity contribution >= 4 is 27.6 Å². The third-order valence-electron chi connectivity index (χ3n) is 4.37. The Kier molecular flexibility index (Phi) is 11.0. The molecule has 2 amide bonds. The first-order valence-corrected chi connectivity index (χ1v) is 11.4. The van der Waals surface area contributed by atoms with E-state index in [2.05, 4.69) is 25.9 Å². The van der Waals surface area contributed by atoms with Crippen LogP contribution in [0.2, 0.25) is 0 Å². The number of unbranched alkanes of at least 4 members (excludes halogenated alkanes) is 3. The molecule has 0 saturated carbocycles. The maximum absolute atomic E-state index is 11.9. The number of H-pyrrole nitrogens is 1. The van der Waals surface area contributed by atoms with Crippen LogP contribution in [0.25, 0.3) is 0 Å². The lowest BCUT2D eigenvalue weighted by Crippen LogP contribution is -2.33. The molecule has 12 heteroatoms. The van der Waals surface area contributed by atoms with Crippen LogP contribution >= 0.6 is 0 Å². The zero-order valence-electron chi connectivity index (χ0n) is 16.9. The van der Waals surface area contributed by atoms with Crippen molar-refractivity contribution < 1.29 is 22.8 Å². The summed E-state index contributed by atoms with van der Waals surface area (Å²) in [6, 6.07) is 0. The molecule has 3 N–H and O–H groups in total. The molecule has 1 aromatic rings. The molecule has 0 unspecified atom stereocenters. The van der Waals surface area contributed by atoms with Crippen molar-refractivity contribution in [2.75, 3.05) is 12.3 Å². The van der Waals surface area contributed by atoms with Crippen molar-refractivity contribution in [3.63, 3.8) is 0 Å². The Morgan fingerprint density at radius 2 is 1.83 bits per heavy atom. The number of Topliss-reactive ketones (excluding diaryl/α,β-unsaturated/α-hetero) is 1. The Hall–Kier alpha value is -2.37. The number of hydrogen-bond donors (Lipinski definition) is 3. The smallest absolute Gasteiger partial charge is 0.241 e. The number of ketones is 1. The van der Waals surface area contributed by atoms with E-state index in [4.69, 9.17) is 0 Å². The normalized spacial score (nSPS) is 12.3. The zero-order valence-corrected chi connectivity index (χ0v) is 17.8. The molecule has 11 nitrogen and oxygen atoms in total. The van der Waals surface area contributed by atoms with Gasteiger partial charge in [0.1, 0.15) is 5.78 Å². The predicted octanol–water partition coefficient (Wildman–Crippen LogP) is 0.260. The van der Waals surface area contributed by atoms with Crippen molar-refractivity contribution in [2.45, 2.75) is 65.2 Å². The summed E-state index contributed by atoms with van der Waals surface area (Å²) in [6.45, 7) is 4.06. The van der Waals surface area contributed by atoms with Gasteiger partial charge < -0.3 is 5.32 Å². The van der Waals surface area contributed by atoms with Crippen LogP contribution in [0, 0.1) is 5.92 Å². The van der Waals surface area contributed by atoms with Gasteiger partial charge >= 0.3 is 0 Å². The SMILES string of the molecule is CC(=O)[C@@H](C)CCCCNC(=O)CCCCCS(=O)(=O)NC(=O)Cc1nn[nH]n1. The summed E-state index contributed by atoms with van der Waals surface area (Å²) in [5.74, 6) is -0.629. The quantitative estimate of drug-likeness (QED) is 0.333. The monoisotopic (exact) mass is 430 g/mol. The molecule has 0 bridgehead atoms. The Balaban J connectivity index is 2.06. The Labute approximate surface area is 170 Å². The number of carbonyl (C=O) groups excluding carboxylic acids is 3. The van der Waals surface area contributed by atoms with Crippen LogP contribution in [0.15, 0.2) is 0 Å². The number of nitrogens with zero attached hydrogens (tertiary/aromatic N) is 3. The molecule has 1 atom stereocenters. The van der Waals surface area contributed by atoms with Crippen molar-refractivity contribution in [3.05, 3.63) is 5.82 Å². The summed E-state index contributed by atoms with van der Waals surface area (Å²) in [7, 11) is -3.73. The second-order valence-electron chi connectivity index (χ2n) is 7.02. The third-order valence-corrected chi connectivity index (χ3v) is 5.74. The molecule has 0 spiro atoms. The van der Waals surface area contributed by atoms with E-state index < -0.39 is 15.9 Å². The molecule has 0 aromatic carbocycles. The van der Waals surface area contributed by atoms with Crippen LogP contribution in [-0.2, 0) is 30.8 Å². The highest BCUT2D eigenvalue weighted by molar-refractivity contribution is 7.90. The van der Waals surface area contributed by atoms with Crippen LogP contribution in [0.3, 0.4) is 0 Å². The van der Waals surface area contributed by atoms with Crippen LogP contribution in [0.5, 0.6) is 0 Å². The fraction of sp³-hybridized carbons (Fsp3) is 0.765. The maximum Gasteiger partial charge on any atom is 0.241 e. The number of carbonyl (C=O) groups is 3.